The molecule has 0 aliphatic heterocycles. The summed E-state index contributed by atoms with van der Waals surface area (Å²) in [6.45, 7) is 13.9. The van der Waals surface area contributed by atoms with E-state index < -0.39 is 0 Å². The van der Waals surface area contributed by atoms with E-state index in [-0.39, 0.29) is 12.4 Å². The zero-order valence-electron chi connectivity index (χ0n) is 15.2. The normalized spacial score (nSPS) is 28.4. The highest BCUT2D eigenvalue weighted by atomic mass is 35.5. The lowest BCUT2D eigenvalue weighted by atomic mass is 10.2. The molecule has 4 nitrogen and oxygen atoms in total. The molecule has 4 unspecified atom stereocenters. The van der Waals surface area contributed by atoms with Crippen molar-refractivity contribution in [2.45, 2.75) is 39.5 Å². The molecule has 4 N–H and O–H groups in total. The second-order valence-electron chi connectivity index (χ2n) is 7.24. The second kappa shape index (κ2) is 12.5. The third-order valence-electron chi connectivity index (χ3n) is 5.22. The molecule has 0 amide bonds. The summed E-state index contributed by atoms with van der Waals surface area (Å²) >= 11 is 0. The Morgan fingerprint density at radius 2 is 0.957 bits per heavy atom. The molecular weight excluding hydrogens is 308 g/mol. The summed E-state index contributed by atoms with van der Waals surface area (Å²) in [6.07, 6.45) is 5.47. The molecule has 0 radical (unpaired) electrons. The molecule has 0 saturated heterocycles. The van der Waals surface area contributed by atoms with E-state index in [4.69, 9.17) is 0 Å². The van der Waals surface area contributed by atoms with Crippen molar-refractivity contribution in [1.82, 2.24) is 21.3 Å². The molecule has 0 aromatic rings. The van der Waals surface area contributed by atoms with Crippen LogP contribution in [0.15, 0.2) is 0 Å². The van der Waals surface area contributed by atoms with Crippen LogP contribution in [-0.4, -0.2) is 52.4 Å². The number of hydrogen-bond donors (Lipinski definition) is 4. The highest BCUT2D eigenvalue weighted by Gasteiger charge is 2.36. The number of nitrogens with one attached hydrogen (secondary N) is 4. The average Bonchev–Trinajstić information content (AvgIpc) is 3.43. The smallest absolute Gasteiger partial charge is 0.00173 e. The monoisotopic (exact) mass is 346 g/mol. The van der Waals surface area contributed by atoms with Crippen molar-refractivity contribution in [2.75, 3.05) is 52.4 Å². The SMILES string of the molecule is CCNCC1CC1CNCCCCNCC1CC1CNCC.Cl. The minimum atomic E-state index is 0. The summed E-state index contributed by atoms with van der Waals surface area (Å²) < 4.78 is 0. The maximum absolute atomic E-state index is 3.63. The molecule has 2 rings (SSSR count). The second-order valence-corrected chi connectivity index (χ2v) is 7.24. The Labute approximate surface area is 149 Å². The van der Waals surface area contributed by atoms with Gasteiger partial charge in [-0.25, -0.2) is 0 Å². The summed E-state index contributed by atoms with van der Waals surface area (Å²) in [7, 11) is 0. The summed E-state index contributed by atoms with van der Waals surface area (Å²) in [5, 5.41) is 14.2. The van der Waals surface area contributed by atoms with Crippen LogP contribution in [0.1, 0.15) is 39.5 Å². The first kappa shape index (κ1) is 21.2. The maximum atomic E-state index is 3.63. The molecule has 5 heteroatoms. The Bertz CT molecular complexity index is 262. The van der Waals surface area contributed by atoms with Crippen molar-refractivity contribution >= 4 is 12.4 Å². The third kappa shape index (κ3) is 9.25. The average molecular weight is 347 g/mol. The van der Waals surface area contributed by atoms with Gasteiger partial charge in [0.1, 0.15) is 0 Å². The van der Waals surface area contributed by atoms with Crippen molar-refractivity contribution in [1.29, 1.82) is 0 Å². The van der Waals surface area contributed by atoms with Crippen molar-refractivity contribution in [2.24, 2.45) is 23.7 Å². The van der Waals surface area contributed by atoms with Gasteiger partial charge in [0.05, 0.1) is 0 Å². The van der Waals surface area contributed by atoms with Gasteiger partial charge in [0, 0.05) is 0 Å². The van der Waals surface area contributed by atoms with E-state index in [1.165, 1.54) is 65.0 Å². The van der Waals surface area contributed by atoms with Gasteiger partial charge in [-0.15, -0.1) is 12.4 Å². The molecule has 4 atom stereocenters. The number of rotatable bonds is 15. The molecule has 0 spiro atoms. The molecule has 0 aromatic carbocycles. The van der Waals surface area contributed by atoms with Gasteiger partial charge in [-0.2, -0.15) is 0 Å². The summed E-state index contributed by atoms with van der Waals surface area (Å²) in [5.74, 6) is 3.78. The Morgan fingerprint density at radius 3 is 1.30 bits per heavy atom. The van der Waals surface area contributed by atoms with Crippen LogP contribution in [-0.2, 0) is 0 Å². The Morgan fingerprint density at radius 1 is 0.609 bits per heavy atom. The third-order valence-corrected chi connectivity index (χ3v) is 5.22. The predicted molar refractivity (Wildman–Crippen MR) is 103 cm³/mol. The quantitative estimate of drug-likeness (QED) is 0.342. The van der Waals surface area contributed by atoms with Crippen LogP contribution in [0.5, 0.6) is 0 Å². The van der Waals surface area contributed by atoms with Gasteiger partial charge in [0.2, 0.25) is 0 Å². The van der Waals surface area contributed by atoms with E-state index in [2.05, 4.69) is 35.1 Å². The van der Waals surface area contributed by atoms with E-state index in [0.29, 0.717) is 0 Å². The van der Waals surface area contributed by atoms with E-state index in [0.717, 1.165) is 36.8 Å². The molecule has 2 saturated carbocycles. The predicted octanol–water partition coefficient (Wildman–Crippen LogP) is 1.86. The van der Waals surface area contributed by atoms with E-state index in [1.54, 1.807) is 0 Å². The lowest BCUT2D eigenvalue weighted by molar-refractivity contribution is 0.529. The van der Waals surface area contributed by atoms with Gasteiger partial charge in [-0.05, 0) is 102 Å². The molecule has 0 aromatic heterocycles. The minimum absolute atomic E-state index is 0. The number of hydrogen-bond acceptors (Lipinski definition) is 4. The summed E-state index contributed by atoms with van der Waals surface area (Å²) in [5.41, 5.74) is 0. The highest BCUT2D eigenvalue weighted by molar-refractivity contribution is 5.85. The van der Waals surface area contributed by atoms with Crippen LogP contribution in [0.3, 0.4) is 0 Å². The molecule has 138 valence electrons. The first-order valence-corrected chi connectivity index (χ1v) is 9.68. The van der Waals surface area contributed by atoms with Crippen molar-refractivity contribution in [3.05, 3.63) is 0 Å². The molecule has 23 heavy (non-hydrogen) atoms. The van der Waals surface area contributed by atoms with E-state index in [9.17, 15) is 0 Å². The standard InChI is InChI=1S/C18H38N4.ClH/c1-3-19-11-15-9-17(15)13-21-7-5-6-8-22-14-18-10-16(18)12-20-4-2;/h15-22H,3-14H2,1-2H3;1H. The molecule has 0 heterocycles. The zero-order chi connectivity index (χ0) is 15.6. The number of halogens is 1. The summed E-state index contributed by atoms with van der Waals surface area (Å²) in [6, 6.07) is 0. The van der Waals surface area contributed by atoms with Crippen LogP contribution in [0.4, 0.5) is 0 Å². The Hall–Kier alpha value is 0.130. The zero-order valence-corrected chi connectivity index (χ0v) is 16.0. The van der Waals surface area contributed by atoms with Gasteiger partial charge in [-0.3, -0.25) is 0 Å². The van der Waals surface area contributed by atoms with Gasteiger partial charge in [0.25, 0.3) is 0 Å². The van der Waals surface area contributed by atoms with Crippen LogP contribution >= 0.6 is 12.4 Å². The van der Waals surface area contributed by atoms with Crippen LogP contribution in [0.2, 0.25) is 0 Å². The first-order chi connectivity index (χ1) is 10.8. The highest BCUT2D eigenvalue weighted by Crippen LogP contribution is 2.37. The fourth-order valence-corrected chi connectivity index (χ4v) is 3.35. The largest absolute Gasteiger partial charge is 0.317 e. The van der Waals surface area contributed by atoms with Crippen molar-refractivity contribution in [3.63, 3.8) is 0 Å². The Kier molecular flexibility index (Phi) is 11.5. The first-order valence-electron chi connectivity index (χ1n) is 9.68. The van der Waals surface area contributed by atoms with E-state index in [1.807, 2.05) is 0 Å². The van der Waals surface area contributed by atoms with Gasteiger partial charge in [0.15, 0.2) is 0 Å². The summed E-state index contributed by atoms with van der Waals surface area (Å²) in [4.78, 5) is 0. The molecular formula is C18H39ClN4. The van der Waals surface area contributed by atoms with Crippen LogP contribution in [0, 0.1) is 23.7 Å². The fourth-order valence-electron chi connectivity index (χ4n) is 3.35. The topological polar surface area (TPSA) is 48.1 Å². The lowest BCUT2D eigenvalue weighted by Crippen LogP contribution is -2.24. The Balaban J connectivity index is 0.00000264. The lowest BCUT2D eigenvalue weighted by Gasteiger charge is -2.06. The molecule has 2 aliphatic carbocycles. The van der Waals surface area contributed by atoms with Gasteiger partial charge in [-0.1, -0.05) is 13.8 Å². The molecule has 2 fully saturated rings. The van der Waals surface area contributed by atoms with Crippen molar-refractivity contribution < 1.29 is 0 Å². The molecule has 0 bridgehead atoms. The van der Waals surface area contributed by atoms with Crippen LogP contribution < -0.4 is 21.3 Å². The fraction of sp³-hybridized carbons (Fsp3) is 1.00. The molecule has 2 aliphatic rings. The van der Waals surface area contributed by atoms with Gasteiger partial charge < -0.3 is 21.3 Å². The number of unbranched alkanes of at least 4 members (excludes halogenated alkanes) is 1. The van der Waals surface area contributed by atoms with Gasteiger partial charge >= 0.3 is 0 Å². The minimum Gasteiger partial charge on any atom is -0.317 e. The van der Waals surface area contributed by atoms with Crippen molar-refractivity contribution in [3.8, 4) is 0 Å². The maximum Gasteiger partial charge on any atom is -0.00173 e. The van der Waals surface area contributed by atoms with E-state index >= 15 is 0 Å². The van der Waals surface area contributed by atoms with Crippen LogP contribution in [0.25, 0.3) is 0 Å².